The van der Waals surface area contributed by atoms with Crippen molar-refractivity contribution in [2.45, 2.75) is 39.1 Å². The standard InChI is InChI=1S/C12H9F3N4.C5H10O2/c13-12(14,15)7-19-6-9(5-18-19)11-3-10-8(4-17-11)1-2-16-10;1-5(2,3)7-4-6/h1-6,16H,7H2;4H,1-3H3. The zero-order chi connectivity index (χ0) is 19.4. The molecule has 3 heterocycles. The van der Waals surface area contributed by atoms with Crippen molar-refractivity contribution >= 4 is 17.4 Å². The van der Waals surface area contributed by atoms with Crippen LogP contribution in [0.3, 0.4) is 0 Å². The van der Waals surface area contributed by atoms with Crippen LogP contribution in [0.15, 0.2) is 36.9 Å². The molecule has 3 aromatic heterocycles. The number of rotatable bonds is 3. The van der Waals surface area contributed by atoms with Crippen LogP contribution in [0, 0.1) is 0 Å². The van der Waals surface area contributed by atoms with E-state index in [1.807, 2.05) is 26.8 Å². The third-order valence-corrected chi connectivity index (χ3v) is 3.11. The van der Waals surface area contributed by atoms with Crippen LogP contribution >= 0.6 is 0 Å². The Morgan fingerprint density at radius 2 is 2.00 bits per heavy atom. The lowest BCUT2D eigenvalue weighted by molar-refractivity contribution is -0.142. The van der Waals surface area contributed by atoms with Gasteiger partial charge in [-0.25, -0.2) is 0 Å². The molecule has 3 rings (SSSR count). The maximum Gasteiger partial charge on any atom is 0.408 e. The maximum atomic E-state index is 12.2. The molecule has 0 spiro atoms. The zero-order valence-electron chi connectivity index (χ0n) is 14.5. The number of hydrogen-bond donors (Lipinski definition) is 1. The number of carbonyl (C=O) groups excluding carboxylic acids is 1. The molecule has 0 saturated carbocycles. The lowest BCUT2D eigenvalue weighted by Crippen LogP contribution is -2.17. The molecule has 0 atom stereocenters. The molecular weight excluding hydrogens is 349 g/mol. The normalized spacial score (nSPS) is 11.8. The Kier molecular flexibility index (Phi) is 5.69. The number of ether oxygens (including phenoxy) is 1. The van der Waals surface area contributed by atoms with E-state index in [9.17, 15) is 18.0 Å². The number of fused-ring (bicyclic) bond motifs is 1. The van der Waals surface area contributed by atoms with Crippen molar-refractivity contribution in [1.82, 2.24) is 19.7 Å². The van der Waals surface area contributed by atoms with E-state index in [4.69, 9.17) is 0 Å². The summed E-state index contributed by atoms with van der Waals surface area (Å²) in [7, 11) is 0. The highest BCUT2D eigenvalue weighted by Crippen LogP contribution is 2.22. The number of carbonyl (C=O) groups is 1. The number of nitrogens with zero attached hydrogens (tertiary/aromatic N) is 3. The summed E-state index contributed by atoms with van der Waals surface area (Å²) in [4.78, 5) is 16.8. The molecule has 0 bridgehead atoms. The minimum atomic E-state index is -4.28. The summed E-state index contributed by atoms with van der Waals surface area (Å²) in [5.74, 6) is 0. The minimum Gasteiger partial charge on any atom is -0.462 e. The predicted octanol–water partition coefficient (Wildman–Crippen LogP) is 3.95. The van der Waals surface area contributed by atoms with Gasteiger partial charge in [-0.1, -0.05) is 0 Å². The van der Waals surface area contributed by atoms with Crippen molar-refractivity contribution in [3.8, 4) is 11.3 Å². The molecule has 6 nitrogen and oxygen atoms in total. The highest BCUT2D eigenvalue weighted by molar-refractivity contribution is 5.82. The van der Waals surface area contributed by atoms with E-state index < -0.39 is 12.7 Å². The quantitative estimate of drug-likeness (QED) is 0.711. The van der Waals surface area contributed by atoms with Crippen LogP contribution in [0.5, 0.6) is 0 Å². The monoisotopic (exact) mass is 368 g/mol. The highest BCUT2D eigenvalue weighted by atomic mass is 19.4. The lowest BCUT2D eigenvalue weighted by atomic mass is 10.2. The second-order valence-corrected chi connectivity index (χ2v) is 6.50. The number of aromatic amines is 1. The number of pyridine rings is 1. The van der Waals surface area contributed by atoms with Gasteiger partial charge < -0.3 is 9.72 Å². The second-order valence-electron chi connectivity index (χ2n) is 6.50. The maximum absolute atomic E-state index is 12.2. The minimum absolute atomic E-state index is 0.318. The van der Waals surface area contributed by atoms with E-state index in [1.54, 1.807) is 18.5 Å². The van der Waals surface area contributed by atoms with Crippen molar-refractivity contribution in [3.63, 3.8) is 0 Å². The molecule has 0 aliphatic carbocycles. The Balaban J connectivity index is 0.000000298. The van der Waals surface area contributed by atoms with E-state index in [0.717, 1.165) is 15.6 Å². The fourth-order valence-electron chi connectivity index (χ4n) is 2.01. The summed E-state index contributed by atoms with van der Waals surface area (Å²) < 4.78 is 42.1. The van der Waals surface area contributed by atoms with Crippen LogP contribution in [0.1, 0.15) is 20.8 Å². The highest BCUT2D eigenvalue weighted by Gasteiger charge is 2.28. The number of nitrogens with one attached hydrogen (secondary N) is 1. The fraction of sp³-hybridized carbons (Fsp3) is 0.353. The van der Waals surface area contributed by atoms with Gasteiger partial charge in [0.05, 0.1) is 11.9 Å². The topological polar surface area (TPSA) is 72.8 Å². The summed E-state index contributed by atoms with van der Waals surface area (Å²) in [6, 6.07) is 3.66. The van der Waals surface area contributed by atoms with Gasteiger partial charge in [0.2, 0.25) is 0 Å². The van der Waals surface area contributed by atoms with Gasteiger partial charge in [0.15, 0.2) is 0 Å². The first kappa shape index (κ1) is 19.5. The van der Waals surface area contributed by atoms with E-state index >= 15 is 0 Å². The van der Waals surface area contributed by atoms with Crippen LogP contribution in [0.25, 0.3) is 22.2 Å². The van der Waals surface area contributed by atoms with Crippen LogP contribution in [-0.2, 0) is 16.1 Å². The molecule has 3 aromatic rings. The second kappa shape index (κ2) is 7.59. The average Bonchev–Trinajstić information content (AvgIpc) is 3.12. The Bertz CT molecular complexity index is 863. The van der Waals surface area contributed by atoms with Gasteiger partial charge in [-0.05, 0) is 32.9 Å². The van der Waals surface area contributed by atoms with Crippen LogP contribution in [0.2, 0.25) is 0 Å². The van der Waals surface area contributed by atoms with Crippen LogP contribution < -0.4 is 0 Å². The first-order valence-electron chi connectivity index (χ1n) is 7.71. The molecule has 140 valence electrons. The molecule has 26 heavy (non-hydrogen) atoms. The van der Waals surface area contributed by atoms with Crippen molar-refractivity contribution in [1.29, 1.82) is 0 Å². The Labute approximate surface area is 148 Å². The predicted molar refractivity (Wildman–Crippen MR) is 90.3 cm³/mol. The van der Waals surface area contributed by atoms with Crippen LogP contribution in [-0.4, -0.2) is 38.0 Å². The zero-order valence-corrected chi connectivity index (χ0v) is 14.5. The number of alkyl halides is 3. The van der Waals surface area contributed by atoms with Crippen molar-refractivity contribution < 1.29 is 22.7 Å². The number of aromatic nitrogens is 4. The molecule has 0 radical (unpaired) electrons. The molecule has 0 aliphatic heterocycles. The SMILES string of the molecule is CC(C)(C)OC=O.FC(F)(F)Cn1cc(-c2cc3[nH]ccc3cn2)cn1. The first-order chi connectivity index (χ1) is 12.1. The molecule has 0 aromatic carbocycles. The molecule has 0 fully saturated rings. The third-order valence-electron chi connectivity index (χ3n) is 3.11. The van der Waals surface area contributed by atoms with Crippen molar-refractivity contribution in [2.75, 3.05) is 0 Å². The van der Waals surface area contributed by atoms with E-state index in [-0.39, 0.29) is 5.60 Å². The first-order valence-corrected chi connectivity index (χ1v) is 7.71. The van der Waals surface area contributed by atoms with E-state index in [2.05, 4.69) is 19.8 Å². The van der Waals surface area contributed by atoms with E-state index in [1.165, 1.54) is 12.4 Å². The van der Waals surface area contributed by atoms with Crippen molar-refractivity contribution in [3.05, 3.63) is 36.9 Å². The average molecular weight is 368 g/mol. The fourth-order valence-corrected chi connectivity index (χ4v) is 2.01. The molecule has 0 amide bonds. The lowest BCUT2D eigenvalue weighted by Gasteiger charge is -2.14. The molecule has 0 aliphatic rings. The summed E-state index contributed by atoms with van der Waals surface area (Å²) >= 11 is 0. The van der Waals surface area contributed by atoms with Gasteiger partial charge in [0.1, 0.15) is 12.1 Å². The summed E-state index contributed by atoms with van der Waals surface area (Å²) in [6.07, 6.45) is 1.89. The number of hydrogen-bond acceptors (Lipinski definition) is 4. The smallest absolute Gasteiger partial charge is 0.408 e. The molecule has 1 N–H and O–H groups in total. The molecule has 9 heteroatoms. The van der Waals surface area contributed by atoms with Gasteiger partial charge in [0, 0.05) is 35.1 Å². The van der Waals surface area contributed by atoms with Gasteiger partial charge in [-0.2, -0.15) is 18.3 Å². The van der Waals surface area contributed by atoms with Gasteiger partial charge >= 0.3 is 6.18 Å². The van der Waals surface area contributed by atoms with Gasteiger partial charge in [0.25, 0.3) is 6.47 Å². The summed E-state index contributed by atoms with van der Waals surface area (Å²) in [6.45, 7) is 4.82. The van der Waals surface area contributed by atoms with Gasteiger partial charge in [-0.15, -0.1) is 0 Å². The van der Waals surface area contributed by atoms with Gasteiger partial charge in [-0.3, -0.25) is 14.5 Å². The molecule has 0 saturated heterocycles. The Morgan fingerprint density at radius 1 is 1.27 bits per heavy atom. The van der Waals surface area contributed by atoms with E-state index in [0.29, 0.717) is 17.7 Å². The summed E-state index contributed by atoms with van der Waals surface area (Å²) in [5.41, 5.74) is 1.71. The molecular formula is C17H19F3N4O2. The third kappa shape index (κ3) is 5.91. The Hall–Kier alpha value is -2.84. The number of H-pyrrole nitrogens is 1. The Morgan fingerprint density at radius 3 is 2.58 bits per heavy atom. The number of halogens is 3. The van der Waals surface area contributed by atoms with Crippen molar-refractivity contribution in [2.24, 2.45) is 0 Å². The summed E-state index contributed by atoms with van der Waals surface area (Å²) in [5, 5.41) is 4.64. The largest absolute Gasteiger partial charge is 0.462 e. The molecule has 0 unspecified atom stereocenters. The van der Waals surface area contributed by atoms with Crippen LogP contribution in [0.4, 0.5) is 13.2 Å².